The summed E-state index contributed by atoms with van der Waals surface area (Å²) in [6.07, 6.45) is 0.758. The minimum atomic E-state index is -0.657. The van der Waals surface area contributed by atoms with E-state index < -0.39 is 5.97 Å². The second kappa shape index (κ2) is 9.26. The standard InChI is InChI=1S/C25H21N3O4/c26-24(30)12-7-16-5-8-18(9-6-16)23(29)15-32-25(31)22-14-21(27-28-22)20-11-10-17-3-1-2-4-19(17)13-20/h1-6,8-11,13-14H,7,12,15H2,(H2,26,30)(H,27,28). The van der Waals surface area contributed by atoms with Crippen LogP contribution in [0.2, 0.25) is 0 Å². The smallest absolute Gasteiger partial charge is 0.356 e. The van der Waals surface area contributed by atoms with Gasteiger partial charge in [0.25, 0.3) is 0 Å². The Bertz CT molecular complexity index is 1290. The van der Waals surface area contributed by atoms with E-state index in [9.17, 15) is 14.4 Å². The maximum absolute atomic E-state index is 12.4. The van der Waals surface area contributed by atoms with E-state index in [-0.39, 0.29) is 30.4 Å². The summed E-state index contributed by atoms with van der Waals surface area (Å²) in [7, 11) is 0. The van der Waals surface area contributed by atoms with Gasteiger partial charge >= 0.3 is 5.97 Å². The average Bonchev–Trinajstić information content (AvgIpc) is 3.31. The lowest BCUT2D eigenvalue weighted by molar-refractivity contribution is -0.118. The van der Waals surface area contributed by atoms with Gasteiger partial charge in [0, 0.05) is 17.5 Å². The molecule has 4 aromatic rings. The molecular weight excluding hydrogens is 406 g/mol. The topological polar surface area (TPSA) is 115 Å². The number of amides is 1. The van der Waals surface area contributed by atoms with E-state index in [1.165, 1.54) is 0 Å². The number of esters is 1. The zero-order valence-electron chi connectivity index (χ0n) is 17.2. The van der Waals surface area contributed by atoms with Gasteiger partial charge in [0.2, 0.25) is 5.91 Å². The number of carbonyl (C=O) groups is 3. The number of hydrogen-bond acceptors (Lipinski definition) is 5. The molecule has 0 saturated carbocycles. The van der Waals surface area contributed by atoms with Gasteiger partial charge in [-0.25, -0.2) is 4.79 Å². The quantitative estimate of drug-likeness (QED) is 0.329. The molecule has 32 heavy (non-hydrogen) atoms. The van der Waals surface area contributed by atoms with Crippen LogP contribution in [-0.4, -0.2) is 34.5 Å². The highest BCUT2D eigenvalue weighted by Crippen LogP contribution is 2.23. The molecule has 4 rings (SSSR count). The molecule has 0 bridgehead atoms. The summed E-state index contributed by atoms with van der Waals surface area (Å²) in [5.41, 5.74) is 8.11. The summed E-state index contributed by atoms with van der Waals surface area (Å²) >= 11 is 0. The van der Waals surface area contributed by atoms with Crippen molar-refractivity contribution in [2.75, 3.05) is 6.61 Å². The van der Waals surface area contributed by atoms with Gasteiger partial charge < -0.3 is 10.5 Å². The molecule has 0 spiro atoms. The first-order valence-corrected chi connectivity index (χ1v) is 10.1. The predicted molar refractivity (Wildman–Crippen MR) is 120 cm³/mol. The van der Waals surface area contributed by atoms with Crippen LogP contribution in [0.15, 0.2) is 72.8 Å². The number of hydrogen-bond donors (Lipinski definition) is 2. The minimum absolute atomic E-state index is 0.169. The molecule has 3 N–H and O–H groups in total. The van der Waals surface area contributed by atoms with Gasteiger partial charge in [0.15, 0.2) is 12.4 Å². The molecule has 1 heterocycles. The number of aromatic amines is 1. The molecule has 7 heteroatoms. The van der Waals surface area contributed by atoms with Crippen LogP contribution in [0.1, 0.15) is 32.8 Å². The van der Waals surface area contributed by atoms with E-state index in [0.717, 1.165) is 21.9 Å². The van der Waals surface area contributed by atoms with E-state index >= 15 is 0 Å². The number of benzene rings is 3. The van der Waals surface area contributed by atoms with Crippen molar-refractivity contribution in [2.45, 2.75) is 12.8 Å². The van der Waals surface area contributed by atoms with Gasteiger partial charge in [-0.15, -0.1) is 0 Å². The first-order valence-electron chi connectivity index (χ1n) is 10.1. The van der Waals surface area contributed by atoms with Crippen molar-refractivity contribution >= 4 is 28.4 Å². The SMILES string of the molecule is NC(=O)CCc1ccc(C(=O)COC(=O)c2cc(-c3ccc4ccccc4c3)n[nH]2)cc1. The molecule has 0 fully saturated rings. The Hall–Kier alpha value is -4.26. The highest BCUT2D eigenvalue weighted by atomic mass is 16.5. The molecule has 0 aliphatic heterocycles. The highest BCUT2D eigenvalue weighted by Gasteiger charge is 2.15. The summed E-state index contributed by atoms with van der Waals surface area (Å²) < 4.78 is 5.15. The fourth-order valence-corrected chi connectivity index (χ4v) is 3.34. The molecular formula is C25H21N3O4. The van der Waals surface area contributed by atoms with Gasteiger partial charge in [0.1, 0.15) is 5.69 Å². The maximum Gasteiger partial charge on any atom is 0.356 e. The van der Waals surface area contributed by atoms with Crippen LogP contribution in [0.5, 0.6) is 0 Å². The molecule has 1 aromatic heterocycles. The fourth-order valence-electron chi connectivity index (χ4n) is 3.34. The Kier molecular flexibility index (Phi) is 6.07. The number of ketones is 1. The molecule has 160 valence electrons. The Balaban J connectivity index is 1.36. The first-order chi connectivity index (χ1) is 15.5. The number of ether oxygens (including phenoxy) is 1. The second-order valence-corrected chi connectivity index (χ2v) is 7.39. The molecule has 0 saturated heterocycles. The predicted octanol–water partition coefficient (Wildman–Crippen LogP) is 3.69. The van der Waals surface area contributed by atoms with Gasteiger partial charge in [-0.3, -0.25) is 14.7 Å². The second-order valence-electron chi connectivity index (χ2n) is 7.39. The number of H-pyrrole nitrogens is 1. The van der Waals surface area contributed by atoms with E-state index in [0.29, 0.717) is 17.7 Å². The van der Waals surface area contributed by atoms with E-state index in [1.807, 2.05) is 42.5 Å². The summed E-state index contributed by atoms with van der Waals surface area (Å²) in [6, 6.07) is 22.3. The van der Waals surface area contributed by atoms with Crippen LogP contribution in [-0.2, 0) is 16.0 Å². The Morgan fingerprint density at radius 1 is 0.906 bits per heavy atom. The van der Waals surface area contributed by atoms with Gasteiger partial charge in [-0.2, -0.15) is 5.10 Å². The first kappa shape index (κ1) is 21.0. The monoisotopic (exact) mass is 427 g/mol. The minimum Gasteiger partial charge on any atom is -0.453 e. The van der Waals surface area contributed by atoms with Crippen LogP contribution < -0.4 is 5.73 Å². The number of aromatic nitrogens is 2. The van der Waals surface area contributed by atoms with Gasteiger partial charge in [-0.05, 0) is 34.9 Å². The molecule has 0 atom stereocenters. The average molecular weight is 427 g/mol. The van der Waals surface area contributed by atoms with Crippen LogP contribution >= 0.6 is 0 Å². The van der Waals surface area contributed by atoms with Crippen LogP contribution in [0.3, 0.4) is 0 Å². The summed E-state index contributed by atoms with van der Waals surface area (Å²) in [5, 5.41) is 9.06. The highest BCUT2D eigenvalue weighted by molar-refractivity contribution is 5.99. The zero-order valence-corrected chi connectivity index (χ0v) is 17.2. The van der Waals surface area contributed by atoms with Crippen LogP contribution in [0.4, 0.5) is 0 Å². The third kappa shape index (κ3) is 4.89. The summed E-state index contributed by atoms with van der Waals surface area (Å²) in [5.74, 6) is -1.36. The van der Waals surface area contributed by atoms with Crippen LogP contribution in [0.25, 0.3) is 22.0 Å². The molecule has 0 unspecified atom stereocenters. The summed E-state index contributed by atoms with van der Waals surface area (Å²) in [6.45, 7) is -0.385. The number of carbonyl (C=O) groups excluding carboxylic acids is 3. The largest absolute Gasteiger partial charge is 0.453 e. The lowest BCUT2D eigenvalue weighted by atomic mass is 10.0. The van der Waals surface area contributed by atoms with Gasteiger partial charge in [-0.1, -0.05) is 60.7 Å². The lowest BCUT2D eigenvalue weighted by Crippen LogP contribution is -2.14. The van der Waals surface area contributed by atoms with E-state index in [2.05, 4.69) is 10.2 Å². The summed E-state index contributed by atoms with van der Waals surface area (Å²) in [4.78, 5) is 35.5. The van der Waals surface area contributed by atoms with E-state index in [1.54, 1.807) is 30.3 Å². The van der Waals surface area contributed by atoms with Crippen molar-refractivity contribution in [3.63, 3.8) is 0 Å². The van der Waals surface area contributed by atoms with Gasteiger partial charge in [0.05, 0.1) is 5.69 Å². The Morgan fingerprint density at radius 2 is 1.66 bits per heavy atom. The number of aryl methyl sites for hydroxylation is 1. The van der Waals surface area contributed by atoms with Crippen LogP contribution in [0, 0.1) is 0 Å². The lowest BCUT2D eigenvalue weighted by Gasteiger charge is -2.04. The van der Waals surface area contributed by atoms with Crippen molar-refractivity contribution in [2.24, 2.45) is 5.73 Å². The molecule has 1 amide bonds. The van der Waals surface area contributed by atoms with Crippen molar-refractivity contribution in [3.05, 3.63) is 89.6 Å². The number of nitrogens with two attached hydrogens (primary N) is 1. The molecule has 0 aliphatic carbocycles. The number of fused-ring (bicyclic) bond motifs is 1. The van der Waals surface area contributed by atoms with Crippen molar-refractivity contribution in [1.82, 2.24) is 10.2 Å². The normalized spacial score (nSPS) is 10.8. The third-order valence-corrected chi connectivity index (χ3v) is 5.11. The molecule has 3 aromatic carbocycles. The Morgan fingerprint density at radius 3 is 2.41 bits per heavy atom. The maximum atomic E-state index is 12.4. The zero-order chi connectivity index (χ0) is 22.5. The van der Waals surface area contributed by atoms with Crippen molar-refractivity contribution < 1.29 is 19.1 Å². The van der Waals surface area contributed by atoms with E-state index in [4.69, 9.17) is 10.5 Å². The molecule has 0 aliphatic rings. The van der Waals surface area contributed by atoms with Crippen molar-refractivity contribution in [1.29, 1.82) is 0 Å². The molecule has 7 nitrogen and oxygen atoms in total. The third-order valence-electron chi connectivity index (χ3n) is 5.11. The Labute approximate surface area is 184 Å². The van der Waals surface area contributed by atoms with Crippen molar-refractivity contribution in [3.8, 4) is 11.3 Å². The number of nitrogens with zero attached hydrogens (tertiary/aromatic N) is 1. The number of nitrogens with one attached hydrogen (secondary N) is 1. The number of Topliss-reactive ketones (excluding diaryl/α,β-unsaturated/α-hetero) is 1. The molecule has 0 radical (unpaired) electrons. The number of rotatable bonds is 8. The number of primary amides is 1. The fraction of sp³-hybridized carbons (Fsp3) is 0.120.